The molecular formula is C15H15Cl2NO3. The van der Waals surface area contributed by atoms with Gasteiger partial charge in [-0.3, -0.25) is 9.78 Å². The quantitative estimate of drug-likeness (QED) is 0.677. The largest absolute Gasteiger partial charge is 0.417 e. The van der Waals surface area contributed by atoms with Crippen molar-refractivity contribution in [3.05, 3.63) is 34.3 Å². The van der Waals surface area contributed by atoms with Crippen molar-refractivity contribution >= 4 is 40.1 Å². The zero-order valence-corrected chi connectivity index (χ0v) is 12.9. The fraction of sp³-hybridized carbons (Fsp3) is 0.467. The number of carbonyl (C=O) groups excluding carboxylic acids is 1. The molecule has 1 aromatic carbocycles. The number of carbonyl (C=O) groups is 1. The lowest BCUT2D eigenvalue weighted by Gasteiger charge is -2.34. The molecule has 21 heavy (non-hydrogen) atoms. The normalized spacial score (nSPS) is 29.7. The predicted molar refractivity (Wildman–Crippen MR) is 82.3 cm³/mol. The third kappa shape index (κ3) is 2.74. The van der Waals surface area contributed by atoms with E-state index in [2.05, 4.69) is 4.98 Å². The van der Waals surface area contributed by atoms with E-state index >= 15 is 0 Å². The Hall–Kier alpha value is -1.26. The van der Waals surface area contributed by atoms with Crippen LogP contribution >= 0.6 is 23.2 Å². The topological polar surface area (TPSA) is 63.1 Å². The van der Waals surface area contributed by atoms with Crippen LogP contribution < -0.4 is 5.76 Å². The second kappa shape index (κ2) is 5.50. The monoisotopic (exact) mass is 327 g/mol. The Bertz CT molecular complexity index is 724. The standard InChI is InChI=1S/C15H15Cl2NO3/c1-7-4-9(16)6-10(17)13(7)14(19)8-2-3-11-12(5-8)21-15(20)18-11/h2-3,5,7,9-10,13H,4,6H2,1H3,(H,18,20)/t7-,9?,10?,13+/m1/s1. The number of alkyl halides is 2. The van der Waals surface area contributed by atoms with Crippen molar-refractivity contribution in [3.8, 4) is 0 Å². The average Bonchev–Trinajstić information content (AvgIpc) is 2.76. The fourth-order valence-corrected chi connectivity index (χ4v) is 4.25. The molecule has 3 rings (SSSR count). The summed E-state index contributed by atoms with van der Waals surface area (Å²) < 4.78 is 5.00. The van der Waals surface area contributed by atoms with Crippen LogP contribution in [0.5, 0.6) is 0 Å². The molecule has 1 saturated carbocycles. The highest BCUT2D eigenvalue weighted by Gasteiger charge is 2.38. The van der Waals surface area contributed by atoms with Crippen LogP contribution in [0.4, 0.5) is 0 Å². The van der Waals surface area contributed by atoms with Crippen LogP contribution in [0.15, 0.2) is 27.4 Å². The molecule has 0 radical (unpaired) electrons. The van der Waals surface area contributed by atoms with Crippen molar-refractivity contribution in [2.75, 3.05) is 0 Å². The Kier molecular flexibility index (Phi) is 3.84. The molecule has 0 bridgehead atoms. The SMILES string of the molecule is C[C@@H]1CC(Cl)CC(Cl)[C@H]1C(=O)c1ccc2[nH]c(=O)oc2c1. The highest BCUT2D eigenvalue weighted by Crippen LogP contribution is 2.38. The lowest BCUT2D eigenvalue weighted by molar-refractivity contribution is 0.0845. The van der Waals surface area contributed by atoms with Gasteiger partial charge in [-0.05, 0) is 37.0 Å². The third-order valence-electron chi connectivity index (χ3n) is 4.12. The van der Waals surface area contributed by atoms with Gasteiger partial charge in [0.1, 0.15) is 0 Å². The number of Topliss-reactive ketones (excluding diaryl/α,β-unsaturated/α-hetero) is 1. The molecule has 1 aliphatic carbocycles. The molecule has 0 saturated heterocycles. The van der Waals surface area contributed by atoms with Crippen molar-refractivity contribution in [3.63, 3.8) is 0 Å². The molecule has 2 aromatic rings. The number of oxazole rings is 1. The minimum Gasteiger partial charge on any atom is -0.408 e. The predicted octanol–water partition coefficient (Wildman–Crippen LogP) is 3.56. The first-order valence-electron chi connectivity index (χ1n) is 6.91. The summed E-state index contributed by atoms with van der Waals surface area (Å²) in [5.74, 6) is -0.674. The number of benzene rings is 1. The summed E-state index contributed by atoms with van der Waals surface area (Å²) >= 11 is 12.5. The van der Waals surface area contributed by atoms with E-state index in [0.29, 0.717) is 23.1 Å². The Labute approximate surface area is 131 Å². The number of aromatic nitrogens is 1. The fourth-order valence-electron chi connectivity index (χ4n) is 3.11. The van der Waals surface area contributed by atoms with Crippen LogP contribution in [0.2, 0.25) is 0 Å². The summed E-state index contributed by atoms with van der Waals surface area (Å²) in [4.78, 5) is 26.4. The number of fused-ring (bicyclic) bond motifs is 1. The highest BCUT2D eigenvalue weighted by molar-refractivity contribution is 6.25. The van der Waals surface area contributed by atoms with Crippen molar-refractivity contribution in [1.29, 1.82) is 0 Å². The van der Waals surface area contributed by atoms with Gasteiger partial charge in [-0.1, -0.05) is 6.92 Å². The summed E-state index contributed by atoms with van der Waals surface area (Å²) in [7, 11) is 0. The first kappa shape index (κ1) is 14.7. The average molecular weight is 328 g/mol. The minimum atomic E-state index is -0.527. The van der Waals surface area contributed by atoms with Gasteiger partial charge in [-0.25, -0.2) is 4.79 Å². The lowest BCUT2D eigenvalue weighted by atomic mass is 9.76. The van der Waals surface area contributed by atoms with E-state index in [0.717, 1.165) is 6.42 Å². The van der Waals surface area contributed by atoms with Gasteiger partial charge in [-0.2, -0.15) is 0 Å². The maximum atomic E-state index is 12.7. The maximum Gasteiger partial charge on any atom is 0.417 e. The van der Waals surface area contributed by atoms with Gasteiger partial charge in [0.15, 0.2) is 11.4 Å². The minimum absolute atomic E-state index is 0.0168. The molecule has 1 aromatic heterocycles. The molecule has 112 valence electrons. The summed E-state index contributed by atoms with van der Waals surface area (Å²) in [6, 6.07) is 4.96. The van der Waals surface area contributed by atoms with E-state index < -0.39 is 5.76 Å². The van der Waals surface area contributed by atoms with Gasteiger partial charge in [0.25, 0.3) is 0 Å². The summed E-state index contributed by atoms with van der Waals surface area (Å²) in [6.45, 7) is 2.00. The van der Waals surface area contributed by atoms with Gasteiger partial charge in [0, 0.05) is 22.2 Å². The molecule has 1 N–H and O–H groups in total. The molecule has 0 aliphatic heterocycles. The first-order chi connectivity index (χ1) is 9.95. The number of ketones is 1. The molecule has 1 aliphatic rings. The van der Waals surface area contributed by atoms with Crippen LogP contribution in [0.25, 0.3) is 11.1 Å². The Morgan fingerprint density at radius 3 is 2.81 bits per heavy atom. The molecular weight excluding hydrogens is 313 g/mol. The van der Waals surface area contributed by atoms with Crippen LogP contribution in [0.3, 0.4) is 0 Å². The maximum absolute atomic E-state index is 12.7. The molecule has 0 amide bonds. The molecule has 1 heterocycles. The van der Waals surface area contributed by atoms with E-state index in [9.17, 15) is 9.59 Å². The van der Waals surface area contributed by atoms with Crippen molar-refractivity contribution < 1.29 is 9.21 Å². The highest BCUT2D eigenvalue weighted by atomic mass is 35.5. The van der Waals surface area contributed by atoms with E-state index in [1.165, 1.54) is 0 Å². The van der Waals surface area contributed by atoms with Crippen LogP contribution in [-0.2, 0) is 0 Å². The van der Waals surface area contributed by atoms with Crippen molar-refractivity contribution in [2.24, 2.45) is 11.8 Å². The molecule has 1 fully saturated rings. The number of halogens is 2. The van der Waals surface area contributed by atoms with Gasteiger partial charge >= 0.3 is 5.76 Å². The van der Waals surface area contributed by atoms with Crippen LogP contribution in [-0.4, -0.2) is 21.5 Å². The zero-order chi connectivity index (χ0) is 15.1. The molecule has 6 heteroatoms. The smallest absolute Gasteiger partial charge is 0.408 e. The lowest BCUT2D eigenvalue weighted by Crippen LogP contribution is -2.38. The van der Waals surface area contributed by atoms with E-state index in [4.69, 9.17) is 27.6 Å². The van der Waals surface area contributed by atoms with Gasteiger partial charge < -0.3 is 4.42 Å². The van der Waals surface area contributed by atoms with E-state index in [1.54, 1.807) is 18.2 Å². The van der Waals surface area contributed by atoms with Crippen LogP contribution in [0, 0.1) is 11.8 Å². The number of hydrogen-bond acceptors (Lipinski definition) is 3. The van der Waals surface area contributed by atoms with E-state index in [1.807, 2.05) is 6.92 Å². The number of hydrogen-bond donors (Lipinski definition) is 1. The number of nitrogens with one attached hydrogen (secondary N) is 1. The molecule has 0 spiro atoms. The Morgan fingerprint density at radius 1 is 1.33 bits per heavy atom. The summed E-state index contributed by atoms with van der Waals surface area (Å²) in [6.07, 6.45) is 1.41. The zero-order valence-electron chi connectivity index (χ0n) is 11.4. The molecule has 4 nitrogen and oxygen atoms in total. The number of rotatable bonds is 2. The summed E-state index contributed by atoms with van der Waals surface area (Å²) in [5.41, 5.74) is 1.48. The Morgan fingerprint density at radius 2 is 2.10 bits per heavy atom. The second-order valence-corrected chi connectivity index (χ2v) is 6.86. The van der Waals surface area contributed by atoms with Gasteiger partial charge in [0.05, 0.1) is 5.52 Å². The number of H-pyrrole nitrogens is 1. The van der Waals surface area contributed by atoms with Crippen LogP contribution in [0.1, 0.15) is 30.1 Å². The first-order valence-corrected chi connectivity index (χ1v) is 7.78. The second-order valence-electron chi connectivity index (χ2n) is 5.68. The van der Waals surface area contributed by atoms with Gasteiger partial charge in [0.2, 0.25) is 0 Å². The summed E-state index contributed by atoms with van der Waals surface area (Å²) in [5, 5.41) is -0.241. The molecule has 2 unspecified atom stereocenters. The van der Waals surface area contributed by atoms with Crippen molar-refractivity contribution in [1.82, 2.24) is 4.98 Å². The number of aromatic amines is 1. The van der Waals surface area contributed by atoms with Crippen molar-refractivity contribution in [2.45, 2.75) is 30.5 Å². The van der Waals surface area contributed by atoms with Gasteiger partial charge in [-0.15, -0.1) is 23.2 Å². The third-order valence-corrected chi connectivity index (χ3v) is 4.93. The van der Waals surface area contributed by atoms with E-state index in [-0.39, 0.29) is 28.4 Å². The molecule has 4 atom stereocenters. The Balaban J connectivity index is 1.93.